The zero-order valence-corrected chi connectivity index (χ0v) is 20.5. The fraction of sp³-hybridized carbons (Fsp3) is 0.167. The summed E-state index contributed by atoms with van der Waals surface area (Å²) in [6.07, 6.45) is 2.30. The van der Waals surface area contributed by atoms with Gasteiger partial charge in [-0.2, -0.15) is 0 Å². The quantitative estimate of drug-likeness (QED) is 0.339. The van der Waals surface area contributed by atoms with Crippen molar-refractivity contribution in [2.45, 2.75) is 25.4 Å². The molecule has 1 aliphatic rings. The lowest BCUT2D eigenvalue weighted by Gasteiger charge is -2.31. The number of amides is 1. The lowest BCUT2D eigenvalue weighted by Crippen LogP contribution is -2.39. The predicted molar refractivity (Wildman–Crippen MR) is 143 cm³/mol. The smallest absolute Gasteiger partial charge is 0.262 e. The summed E-state index contributed by atoms with van der Waals surface area (Å²) in [6, 6.07) is 29.9. The SMILES string of the molecule is O=C(C(c1ccccc1)c1ccccc1)N1CCc2c(sc3ncn(Cc4ccccc4)c(=O)c23)C1. The molecule has 2 aromatic heterocycles. The molecule has 5 aromatic rings. The van der Waals surface area contributed by atoms with Crippen LogP contribution in [0.1, 0.15) is 33.0 Å². The van der Waals surface area contributed by atoms with E-state index in [-0.39, 0.29) is 17.4 Å². The van der Waals surface area contributed by atoms with Crippen molar-refractivity contribution < 1.29 is 4.79 Å². The Kier molecular flexibility index (Phi) is 5.95. The van der Waals surface area contributed by atoms with Crippen molar-refractivity contribution in [1.82, 2.24) is 14.5 Å². The van der Waals surface area contributed by atoms with E-state index in [0.717, 1.165) is 32.0 Å². The number of nitrogens with zero attached hydrogens (tertiary/aromatic N) is 3. The summed E-state index contributed by atoms with van der Waals surface area (Å²) in [5, 5.41) is 0.711. The van der Waals surface area contributed by atoms with Crippen LogP contribution in [0.5, 0.6) is 0 Å². The van der Waals surface area contributed by atoms with E-state index in [2.05, 4.69) is 4.98 Å². The van der Waals surface area contributed by atoms with Gasteiger partial charge in [-0.15, -0.1) is 11.3 Å². The van der Waals surface area contributed by atoms with E-state index in [1.54, 1.807) is 10.9 Å². The molecule has 1 aliphatic heterocycles. The Hall–Kier alpha value is -4.03. The Labute approximate surface area is 213 Å². The first kappa shape index (κ1) is 22.4. The van der Waals surface area contributed by atoms with Gasteiger partial charge in [0.2, 0.25) is 5.91 Å². The number of carbonyl (C=O) groups is 1. The highest BCUT2D eigenvalue weighted by Gasteiger charge is 2.32. The van der Waals surface area contributed by atoms with Crippen molar-refractivity contribution in [3.8, 4) is 0 Å². The van der Waals surface area contributed by atoms with Crippen LogP contribution in [0.25, 0.3) is 10.2 Å². The molecule has 0 aliphatic carbocycles. The van der Waals surface area contributed by atoms with Gasteiger partial charge in [0.25, 0.3) is 5.56 Å². The first-order valence-corrected chi connectivity index (χ1v) is 12.9. The van der Waals surface area contributed by atoms with E-state index in [1.807, 2.05) is 95.9 Å². The zero-order valence-electron chi connectivity index (χ0n) is 19.7. The summed E-state index contributed by atoms with van der Waals surface area (Å²) in [5.41, 5.74) is 4.08. The molecule has 0 spiro atoms. The molecule has 6 rings (SSSR count). The van der Waals surface area contributed by atoms with Crippen molar-refractivity contribution >= 4 is 27.5 Å². The first-order chi connectivity index (χ1) is 17.7. The maximum Gasteiger partial charge on any atom is 0.262 e. The second-order valence-electron chi connectivity index (χ2n) is 9.11. The molecule has 0 saturated carbocycles. The first-order valence-electron chi connectivity index (χ1n) is 12.1. The van der Waals surface area contributed by atoms with Gasteiger partial charge < -0.3 is 4.90 Å². The molecule has 178 valence electrons. The van der Waals surface area contributed by atoms with Gasteiger partial charge in [-0.1, -0.05) is 91.0 Å². The maximum absolute atomic E-state index is 13.9. The van der Waals surface area contributed by atoms with E-state index >= 15 is 0 Å². The monoisotopic (exact) mass is 491 g/mol. The van der Waals surface area contributed by atoms with Crippen molar-refractivity contribution in [2.24, 2.45) is 0 Å². The van der Waals surface area contributed by atoms with Gasteiger partial charge in [0.1, 0.15) is 4.83 Å². The average Bonchev–Trinajstić information content (AvgIpc) is 3.31. The predicted octanol–water partition coefficient (Wildman–Crippen LogP) is 5.22. The highest BCUT2D eigenvalue weighted by atomic mass is 32.1. The molecule has 0 unspecified atom stereocenters. The average molecular weight is 492 g/mol. The fourth-order valence-electron chi connectivity index (χ4n) is 5.05. The van der Waals surface area contributed by atoms with Crippen LogP contribution < -0.4 is 5.56 Å². The van der Waals surface area contributed by atoms with Crippen LogP contribution in [-0.2, 0) is 24.3 Å². The summed E-state index contributed by atoms with van der Waals surface area (Å²) in [4.78, 5) is 35.7. The van der Waals surface area contributed by atoms with E-state index in [1.165, 1.54) is 11.3 Å². The third kappa shape index (κ3) is 4.14. The largest absolute Gasteiger partial charge is 0.336 e. The number of hydrogen-bond donors (Lipinski definition) is 0. The van der Waals surface area contributed by atoms with E-state index < -0.39 is 0 Å². The molecule has 36 heavy (non-hydrogen) atoms. The van der Waals surface area contributed by atoms with Crippen LogP contribution in [-0.4, -0.2) is 26.9 Å². The minimum absolute atomic E-state index is 0.00687. The second-order valence-corrected chi connectivity index (χ2v) is 10.2. The standard InChI is InChI=1S/C30H25N3O2S/c34-29(26(22-12-6-2-7-13-22)23-14-8-3-9-15-23)32-17-16-24-25(19-32)36-28-27(24)30(35)33(20-31-28)18-21-10-4-1-5-11-21/h1-15,20,26H,16-19H2. The van der Waals surface area contributed by atoms with Gasteiger partial charge in [-0.25, -0.2) is 4.98 Å². The Morgan fingerprint density at radius 1 is 0.889 bits per heavy atom. The van der Waals surface area contributed by atoms with Gasteiger partial charge in [0.05, 0.1) is 30.7 Å². The van der Waals surface area contributed by atoms with Gasteiger partial charge in [-0.3, -0.25) is 14.2 Å². The Balaban J connectivity index is 1.32. The summed E-state index contributed by atoms with van der Waals surface area (Å²) in [7, 11) is 0. The third-order valence-corrected chi connectivity index (χ3v) is 7.97. The molecule has 0 atom stereocenters. The van der Waals surface area contributed by atoms with Crippen molar-refractivity contribution in [2.75, 3.05) is 6.54 Å². The van der Waals surface area contributed by atoms with Crippen LogP contribution in [0.15, 0.2) is 102 Å². The van der Waals surface area contributed by atoms with Crippen LogP contribution >= 0.6 is 11.3 Å². The van der Waals surface area contributed by atoms with Crippen LogP contribution in [0.4, 0.5) is 0 Å². The van der Waals surface area contributed by atoms with Crippen molar-refractivity contribution in [1.29, 1.82) is 0 Å². The molecule has 0 N–H and O–H groups in total. The second kappa shape index (κ2) is 9.55. The number of thiophene rings is 1. The lowest BCUT2D eigenvalue weighted by atomic mass is 9.89. The van der Waals surface area contributed by atoms with Gasteiger partial charge in [-0.05, 0) is 28.7 Å². The Bertz CT molecular complexity index is 1540. The molecule has 3 heterocycles. The number of fused-ring (bicyclic) bond motifs is 3. The summed E-state index contributed by atoms with van der Waals surface area (Å²) < 4.78 is 1.68. The Morgan fingerprint density at radius 2 is 1.50 bits per heavy atom. The normalized spacial score (nSPS) is 13.2. The van der Waals surface area contributed by atoms with Gasteiger partial charge >= 0.3 is 0 Å². The minimum atomic E-state index is -0.357. The van der Waals surface area contributed by atoms with E-state index in [4.69, 9.17) is 0 Å². The highest BCUT2D eigenvalue weighted by molar-refractivity contribution is 7.18. The number of hydrogen-bond acceptors (Lipinski definition) is 4. The topological polar surface area (TPSA) is 55.2 Å². The number of carbonyl (C=O) groups excluding carboxylic acids is 1. The van der Waals surface area contributed by atoms with Crippen molar-refractivity contribution in [3.63, 3.8) is 0 Å². The van der Waals surface area contributed by atoms with Crippen LogP contribution in [0, 0.1) is 0 Å². The summed E-state index contributed by atoms with van der Waals surface area (Å²) >= 11 is 1.54. The van der Waals surface area contributed by atoms with Crippen molar-refractivity contribution in [3.05, 3.63) is 135 Å². The zero-order chi connectivity index (χ0) is 24.5. The van der Waals surface area contributed by atoms with Gasteiger partial charge in [0.15, 0.2) is 0 Å². The number of aromatic nitrogens is 2. The van der Waals surface area contributed by atoms with Gasteiger partial charge in [0, 0.05) is 11.4 Å². The summed E-state index contributed by atoms with van der Waals surface area (Å²) in [5.74, 6) is -0.269. The van der Waals surface area contributed by atoms with E-state index in [0.29, 0.717) is 31.4 Å². The molecule has 1 amide bonds. The molecular formula is C30H25N3O2S. The summed E-state index contributed by atoms with van der Waals surface area (Å²) in [6.45, 7) is 1.58. The molecule has 0 fully saturated rings. The molecule has 0 saturated heterocycles. The Morgan fingerprint density at radius 3 is 2.14 bits per heavy atom. The molecule has 5 nitrogen and oxygen atoms in total. The molecule has 6 heteroatoms. The molecule has 0 bridgehead atoms. The minimum Gasteiger partial charge on any atom is -0.336 e. The lowest BCUT2D eigenvalue weighted by molar-refractivity contribution is -0.132. The number of rotatable bonds is 5. The molecule has 3 aromatic carbocycles. The maximum atomic E-state index is 13.9. The fourth-order valence-corrected chi connectivity index (χ4v) is 6.24. The van der Waals surface area contributed by atoms with E-state index in [9.17, 15) is 9.59 Å². The number of benzene rings is 3. The molecular weight excluding hydrogens is 466 g/mol. The third-order valence-electron chi connectivity index (χ3n) is 6.85. The van der Waals surface area contributed by atoms with Crippen LogP contribution in [0.3, 0.4) is 0 Å². The van der Waals surface area contributed by atoms with Crippen LogP contribution in [0.2, 0.25) is 0 Å². The highest BCUT2D eigenvalue weighted by Crippen LogP contribution is 2.35. The molecule has 0 radical (unpaired) electrons.